The molecule has 1 amide bonds. The van der Waals surface area contributed by atoms with Crippen LogP contribution in [0.2, 0.25) is 0 Å². The molecule has 2 unspecified atom stereocenters. The predicted octanol–water partition coefficient (Wildman–Crippen LogP) is 1.54. The Morgan fingerprint density at radius 3 is 2.33 bits per heavy atom. The number of nitrogens with zero attached hydrogens (tertiary/aromatic N) is 2. The van der Waals surface area contributed by atoms with Gasteiger partial charge in [0.25, 0.3) is 5.91 Å². The van der Waals surface area contributed by atoms with E-state index in [1.807, 2.05) is 4.90 Å². The molecule has 0 saturated carbocycles. The molecule has 18 heavy (non-hydrogen) atoms. The van der Waals surface area contributed by atoms with Gasteiger partial charge < -0.3 is 14.7 Å². The standard InChI is InChI=1S/C12H19N3O2.ClH/c1-7-5-15(6-8(2)13-7)12(16)11-9(3)14-17-10(11)4;/h7-8,13H,5-6H2,1-4H3;1H. The van der Waals surface area contributed by atoms with E-state index in [0.717, 1.165) is 13.1 Å². The summed E-state index contributed by atoms with van der Waals surface area (Å²) in [4.78, 5) is 14.3. The second-order valence-electron chi connectivity index (χ2n) is 4.88. The topological polar surface area (TPSA) is 58.4 Å². The fourth-order valence-electron chi connectivity index (χ4n) is 2.44. The van der Waals surface area contributed by atoms with Gasteiger partial charge in [-0.2, -0.15) is 0 Å². The predicted molar refractivity (Wildman–Crippen MR) is 71.2 cm³/mol. The zero-order valence-corrected chi connectivity index (χ0v) is 12.0. The molecule has 2 rings (SSSR count). The Morgan fingerprint density at radius 1 is 1.33 bits per heavy atom. The van der Waals surface area contributed by atoms with Crippen LogP contribution in [0.1, 0.15) is 35.7 Å². The maximum Gasteiger partial charge on any atom is 0.259 e. The summed E-state index contributed by atoms with van der Waals surface area (Å²) in [5.74, 6) is 0.632. The van der Waals surface area contributed by atoms with Gasteiger partial charge in [0.2, 0.25) is 0 Å². The van der Waals surface area contributed by atoms with Crippen LogP contribution in [0.4, 0.5) is 0 Å². The molecule has 1 saturated heterocycles. The van der Waals surface area contributed by atoms with E-state index in [4.69, 9.17) is 4.52 Å². The van der Waals surface area contributed by atoms with Crippen LogP contribution in [0, 0.1) is 13.8 Å². The van der Waals surface area contributed by atoms with Crippen LogP contribution in [0.15, 0.2) is 4.52 Å². The van der Waals surface area contributed by atoms with Crippen LogP contribution in [-0.4, -0.2) is 41.1 Å². The number of halogens is 1. The number of carbonyl (C=O) groups excluding carboxylic acids is 1. The van der Waals surface area contributed by atoms with Gasteiger partial charge in [0, 0.05) is 25.2 Å². The van der Waals surface area contributed by atoms with E-state index < -0.39 is 0 Å². The van der Waals surface area contributed by atoms with Crippen molar-refractivity contribution in [2.75, 3.05) is 13.1 Å². The number of nitrogens with one attached hydrogen (secondary N) is 1. The molecule has 1 aliphatic rings. The van der Waals surface area contributed by atoms with E-state index in [-0.39, 0.29) is 18.3 Å². The summed E-state index contributed by atoms with van der Waals surface area (Å²) in [6.45, 7) is 9.22. The van der Waals surface area contributed by atoms with Crippen molar-refractivity contribution in [2.45, 2.75) is 39.8 Å². The Kier molecular flexibility index (Phi) is 4.76. The fraction of sp³-hybridized carbons (Fsp3) is 0.667. The Hall–Kier alpha value is -1.07. The van der Waals surface area contributed by atoms with Crippen LogP contribution in [-0.2, 0) is 0 Å². The molecule has 1 aliphatic heterocycles. The molecule has 1 aromatic heterocycles. The van der Waals surface area contributed by atoms with E-state index in [1.54, 1.807) is 13.8 Å². The summed E-state index contributed by atoms with van der Waals surface area (Å²) < 4.78 is 5.05. The van der Waals surface area contributed by atoms with E-state index >= 15 is 0 Å². The average Bonchev–Trinajstić information content (AvgIpc) is 2.56. The third-order valence-corrected chi connectivity index (χ3v) is 3.09. The number of aromatic nitrogens is 1. The van der Waals surface area contributed by atoms with E-state index in [9.17, 15) is 4.79 Å². The molecular formula is C12H20ClN3O2. The molecule has 0 spiro atoms. The molecule has 0 bridgehead atoms. The molecular weight excluding hydrogens is 254 g/mol. The quantitative estimate of drug-likeness (QED) is 0.843. The maximum atomic E-state index is 12.4. The molecule has 2 heterocycles. The number of hydrogen-bond acceptors (Lipinski definition) is 4. The summed E-state index contributed by atoms with van der Waals surface area (Å²) in [6.07, 6.45) is 0. The van der Waals surface area contributed by atoms with Crippen LogP contribution in [0.25, 0.3) is 0 Å². The summed E-state index contributed by atoms with van der Waals surface area (Å²) in [6, 6.07) is 0.645. The van der Waals surface area contributed by atoms with Gasteiger partial charge in [0.15, 0.2) is 0 Å². The molecule has 0 radical (unpaired) electrons. The van der Waals surface area contributed by atoms with Gasteiger partial charge in [-0.1, -0.05) is 5.16 Å². The zero-order valence-electron chi connectivity index (χ0n) is 11.2. The Morgan fingerprint density at radius 2 is 1.89 bits per heavy atom. The normalized spacial score (nSPS) is 23.7. The average molecular weight is 274 g/mol. The van der Waals surface area contributed by atoms with Crippen molar-refractivity contribution in [3.05, 3.63) is 17.0 Å². The number of aryl methyl sites for hydroxylation is 2. The highest BCUT2D eigenvalue weighted by atomic mass is 35.5. The highest BCUT2D eigenvalue weighted by Crippen LogP contribution is 2.17. The Labute approximate surface area is 113 Å². The molecule has 0 aliphatic carbocycles. The SMILES string of the molecule is Cc1noc(C)c1C(=O)N1CC(C)NC(C)C1.Cl. The first kappa shape index (κ1) is 15.0. The van der Waals surface area contributed by atoms with Gasteiger partial charge in [-0.15, -0.1) is 12.4 Å². The van der Waals surface area contributed by atoms with E-state index in [1.165, 1.54) is 0 Å². The summed E-state index contributed by atoms with van der Waals surface area (Å²) in [5, 5.41) is 7.24. The first-order valence-electron chi connectivity index (χ1n) is 5.97. The molecule has 102 valence electrons. The second-order valence-corrected chi connectivity index (χ2v) is 4.88. The van der Waals surface area contributed by atoms with Gasteiger partial charge >= 0.3 is 0 Å². The molecule has 2 atom stereocenters. The minimum absolute atomic E-state index is 0. The molecule has 1 fully saturated rings. The molecule has 0 aromatic carbocycles. The van der Waals surface area contributed by atoms with Gasteiger partial charge in [-0.25, -0.2) is 0 Å². The second kappa shape index (κ2) is 5.71. The van der Waals surface area contributed by atoms with Gasteiger partial charge in [-0.05, 0) is 27.7 Å². The highest BCUT2D eigenvalue weighted by molar-refractivity contribution is 5.96. The lowest BCUT2D eigenvalue weighted by molar-refractivity contribution is 0.0671. The maximum absolute atomic E-state index is 12.4. The first-order chi connectivity index (χ1) is 7.99. The lowest BCUT2D eigenvalue weighted by Gasteiger charge is -2.36. The van der Waals surface area contributed by atoms with Crippen molar-refractivity contribution in [3.8, 4) is 0 Å². The monoisotopic (exact) mass is 273 g/mol. The molecule has 6 heteroatoms. The Bertz CT molecular complexity index is 403. The van der Waals surface area contributed by atoms with Gasteiger partial charge in [-0.3, -0.25) is 4.79 Å². The van der Waals surface area contributed by atoms with Crippen molar-refractivity contribution >= 4 is 18.3 Å². The van der Waals surface area contributed by atoms with E-state index in [0.29, 0.717) is 29.1 Å². The number of amides is 1. The third-order valence-electron chi connectivity index (χ3n) is 3.09. The fourth-order valence-corrected chi connectivity index (χ4v) is 2.44. The summed E-state index contributed by atoms with van der Waals surface area (Å²) >= 11 is 0. The Balaban J connectivity index is 0.00000162. The minimum Gasteiger partial charge on any atom is -0.361 e. The largest absolute Gasteiger partial charge is 0.361 e. The van der Waals surface area contributed by atoms with Crippen LogP contribution < -0.4 is 5.32 Å². The van der Waals surface area contributed by atoms with Crippen LogP contribution in [0.3, 0.4) is 0 Å². The number of rotatable bonds is 1. The highest BCUT2D eigenvalue weighted by Gasteiger charge is 2.28. The number of carbonyl (C=O) groups is 1. The molecule has 1 aromatic rings. The summed E-state index contributed by atoms with van der Waals surface area (Å²) in [7, 11) is 0. The van der Waals surface area contributed by atoms with Crippen molar-refractivity contribution in [3.63, 3.8) is 0 Å². The zero-order chi connectivity index (χ0) is 12.6. The van der Waals surface area contributed by atoms with Gasteiger partial charge in [0.05, 0.1) is 5.69 Å². The lowest BCUT2D eigenvalue weighted by Crippen LogP contribution is -2.55. The van der Waals surface area contributed by atoms with Gasteiger partial charge in [0.1, 0.15) is 11.3 Å². The molecule has 1 N–H and O–H groups in total. The number of hydrogen-bond donors (Lipinski definition) is 1. The van der Waals surface area contributed by atoms with Crippen molar-refractivity contribution in [1.29, 1.82) is 0 Å². The van der Waals surface area contributed by atoms with Crippen LogP contribution >= 0.6 is 12.4 Å². The first-order valence-corrected chi connectivity index (χ1v) is 5.97. The van der Waals surface area contributed by atoms with Crippen molar-refractivity contribution < 1.29 is 9.32 Å². The smallest absolute Gasteiger partial charge is 0.259 e. The number of piperazine rings is 1. The van der Waals surface area contributed by atoms with E-state index in [2.05, 4.69) is 24.3 Å². The van der Waals surface area contributed by atoms with Crippen molar-refractivity contribution in [2.24, 2.45) is 0 Å². The summed E-state index contributed by atoms with van der Waals surface area (Å²) in [5.41, 5.74) is 1.29. The van der Waals surface area contributed by atoms with Crippen LogP contribution in [0.5, 0.6) is 0 Å². The minimum atomic E-state index is 0. The third kappa shape index (κ3) is 2.84. The van der Waals surface area contributed by atoms with Crippen molar-refractivity contribution in [1.82, 2.24) is 15.4 Å². The molecule has 5 nitrogen and oxygen atoms in total. The lowest BCUT2D eigenvalue weighted by atomic mass is 10.1.